The first-order valence-corrected chi connectivity index (χ1v) is 3.52. The van der Waals surface area contributed by atoms with Gasteiger partial charge >= 0.3 is 0 Å². The zero-order chi connectivity index (χ0) is 7.68. The van der Waals surface area contributed by atoms with Gasteiger partial charge in [-0.2, -0.15) is 0 Å². The minimum atomic E-state index is 0.221. The SMILES string of the molecule is COc1ncccc1C1CO1. The van der Waals surface area contributed by atoms with Gasteiger partial charge in [0.2, 0.25) is 5.88 Å². The monoisotopic (exact) mass is 151 g/mol. The van der Waals surface area contributed by atoms with Crippen LogP contribution in [0, 0.1) is 0 Å². The predicted octanol–water partition coefficient (Wildman–Crippen LogP) is 1.16. The van der Waals surface area contributed by atoms with Crippen LogP contribution in [0.1, 0.15) is 11.7 Å². The van der Waals surface area contributed by atoms with Crippen LogP contribution in [0.4, 0.5) is 0 Å². The zero-order valence-electron chi connectivity index (χ0n) is 6.28. The van der Waals surface area contributed by atoms with Crippen molar-refractivity contribution in [2.24, 2.45) is 0 Å². The molecule has 1 aliphatic rings. The van der Waals surface area contributed by atoms with Gasteiger partial charge in [0.15, 0.2) is 0 Å². The summed E-state index contributed by atoms with van der Waals surface area (Å²) in [6.07, 6.45) is 1.93. The lowest BCUT2D eigenvalue weighted by atomic mass is 10.2. The first kappa shape index (κ1) is 6.61. The van der Waals surface area contributed by atoms with Crippen LogP contribution in [0.25, 0.3) is 0 Å². The molecule has 1 saturated heterocycles. The minimum absolute atomic E-state index is 0.221. The zero-order valence-corrected chi connectivity index (χ0v) is 6.28. The molecule has 0 aromatic carbocycles. The molecule has 0 spiro atoms. The van der Waals surface area contributed by atoms with Gasteiger partial charge in [0.1, 0.15) is 6.10 Å². The van der Waals surface area contributed by atoms with Crippen molar-refractivity contribution in [3.8, 4) is 5.88 Å². The Labute approximate surface area is 65.0 Å². The van der Waals surface area contributed by atoms with Crippen molar-refractivity contribution in [1.82, 2.24) is 4.98 Å². The number of rotatable bonds is 2. The molecule has 0 bridgehead atoms. The summed E-state index contributed by atoms with van der Waals surface area (Å²) < 4.78 is 10.2. The van der Waals surface area contributed by atoms with Crippen molar-refractivity contribution in [3.63, 3.8) is 0 Å². The number of aromatic nitrogens is 1. The van der Waals surface area contributed by atoms with Crippen molar-refractivity contribution in [3.05, 3.63) is 23.9 Å². The molecule has 0 aliphatic carbocycles. The van der Waals surface area contributed by atoms with Gasteiger partial charge in [-0.1, -0.05) is 0 Å². The maximum atomic E-state index is 5.12. The minimum Gasteiger partial charge on any atom is -0.481 e. The van der Waals surface area contributed by atoms with Gasteiger partial charge in [0.05, 0.1) is 13.7 Å². The topological polar surface area (TPSA) is 34.6 Å². The second kappa shape index (κ2) is 2.51. The highest BCUT2D eigenvalue weighted by Gasteiger charge is 2.28. The number of methoxy groups -OCH3 is 1. The molecule has 1 aromatic heterocycles. The van der Waals surface area contributed by atoms with Crippen LogP contribution in [0.5, 0.6) is 5.88 Å². The average Bonchev–Trinajstić information content (AvgIpc) is 2.87. The highest BCUT2D eigenvalue weighted by Crippen LogP contribution is 2.34. The van der Waals surface area contributed by atoms with Gasteiger partial charge in [-0.25, -0.2) is 4.98 Å². The normalized spacial score (nSPS) is 21.4. The number of ether oxygens (including phenoxy) is 2. The van der Waals surface area contributed by atoms with Crippen molar-refractivity contribution in [1.29, 1.82) is 0 Å². The first-order chi connectivity index (χ1) is 5.42. The summed E-state index contributed by atoms with van der Waals surface area (Å²) in [7, 11) is 1.62. The van der Waals surface area contributed by atoms with E-state index >= 15 is 0 Å². The third-order valence-corrected chi connectivity index (χ3v) is 1.67. The Morgan fingerprint density at radius 1 is 1.73 bits per heavy atom. The van der Waals surface area contributed by atoms with Gasteiger partial charge in [0, 0.05) is 11.8 Å². The summed E-state index contributed by atoms with van der Waals surface area (Å²) in [5.74, 6) is 0.676. The van der Waals surface area contributed by atoms with Crippen LogP contribution in [-0.4, -0.2) is 18.7 Å². The highest BCUT2D eigenvalue weighted by molar-refractivity contribution is 5.29. The van der Waals surface area contributed by atoms with E-state index in [1.54, 1.807) is 13.3 Å². The lowest BCUT2D eigenvalue weighted by Gasteiger charge is -2.02. The molecule has 0 radical (unpaired) electrons. The molecule has 2 heterocycles. The average molecular weight is 151 g/mol. The Kier molecular flexibility index (Phi) is 1.51. The number of epoxide rings is 1. The van der Waals surface area contributed by atoms with Gasteiger partial charge in [-0.3, -0.25) is 0 Å². The molecule has 3 nitrogen and oxygen atoms in total. The number of nitrogens with zero attached hydrogens (tertiary/aromatic N) is 1. The smallest absolute Gasteiger partial charge is 0.218 e. The molecule has 1 atom stereocenters. The Morgan fingerprint density at radius 3 is 3.18 bits per heavy atom. The van der Waals surface area contributed by atoms with Crippen molar-refractivity contribution in [2.75, 3.05) is 13.7 Å². The molecule has 1 aliphatic heterocycles. The van der Waals surface area contributed by atoms with Crippen molar-refractivity contribution < 1.29 is 9.47 Å². The predicted molar refractivity (Wildman–Crippen MR) is 39.5 cm³/mol. The third kappa shape index (κ3) is 1.19. The number of hydrogen-bond acceptors (Lipinski definition) is 3. The van der Waals surface area contributed by atoms with E-state index in [1.807, 2.05) is 12.1 Å². The quantitative estimate of drug-likeness (QED) is 0.595. The van der Waals surface area contributed by atoms with E-state index in [1.165, 1.54) is 0 Å². The van der Waals surface area contributed by atoms with E-state index < -0.39 is 0 Å². The molecule has 11 heavy (non-hydrogen) atoms. The van der Waals surface area contributed by atoms with Crippen LogP contribution >= 0.6 is 0 Å². The fourth-order valence-electron chi connectivity index (χ4n) is 1.05. The lowest BCUT2D eigenvalue weighted by molar-refractivity contribution is 0.372. The Hall–Kier alpha value is -1.09. The maximum absolute atomic E-state index is 5.12. The van der Waals surface area contributed by atoms with Crippen LogP contribution < -0.4 is 4.74 Å². The Balaban J connectivity index is 2.34. The van der Waals surface area contributed by atoms with Crippen LogP contribution in [0.15, 0.2) is 18.3 Å². The standard InChI is InChI=1S/C8H9NO2/c1-10-8-6(7-5-11-7)3-2-4-9-8/h2-4,7H,5H2,1H3. The molecule has 3 heteroatoms. The first-order valence-electron chi connectivity index (χ1n) is 3.52. The van der Waals surface area contributed by atoms with Crippen molar-refractivity contribution >= 4 is 0 Å². The summed E-state index contributed by atoms with van der Waals surface area (Å²) in [5, 5.41) is 0. The molecular formula is C8H9NO2. The molecule has 0 saturated carbocycles. The Bertz CT molecular complexity index is 258. The van der Waals surface area contributed by atoms with E-state index in [-0.39, 0.29) is 6.10 Å². The van der Waals surface area contributed by atoms with E-state index in [2.05, 4.69) is 4.98 Å². The molecule has 0 N–H and O–H groups in total. The third-order valence-electron chi connectivity index (χ3n) is 1.67. The van der Waals surface area contributed by atoms with Gasteiger partial charge in [0.25, 0.3) is 0 Å². The largest absolute Gasteiger partial charge is 0.481 e. The van der Waals surface area contributed by atoms with E-state index in [0.717, 1.165) is 12.2 Å². The summed E-state index contributed by atoms with van der Waals surface area (Å²) in [6.45, 7) is 0.794. The molecule has 1 aromatic rings. The van der Waals surface area contributed by atoms with Gasteiger partial charge < -0.3 is 9.47 Å². The molecule has 1 unspecified atom stereocenters. The fourth-order valence-corrected chi connectivity index (χ4v) is 1.05. The fraction of sp³-hybridized carbons (Fsp3) is 0.375. The molecule has 58 valence electrons. The van der Waals surface area contributed by atoms with E-state index in [0.29, 0.717) is 5.88 Å². The highest BCUT2D eigenvalue weighted by atomic mass is 16.6. The summed E-state index contributed by atoms with van der Waals surface area (Å²) in [6, 6.07) is 3.86. The molecular weight excluding hydrogens is 142 g/mol. The molecule has 2 rings (SSSR count). The van der Waals surface area contributed by atoms with Crippen molar-refractivity contribution in [2.45, 2.75) is 6.10 Å². The summed E-state index contributed by atoms with van der Waals surface area (Å²) >= 11 is 0. The molecule has 0 amide bonds. The summed E-state index contributed by atoms with van der Waals surface area (Å²) in [4.78, 5) is 4.06. The van der Waals surface area contributed by atoms with E-state index in [4.69, 9.17) is 9.47 Å². The van der Waals surface area contributed by atoms with Crippen LogP contribution in [0.2, 0.25) is 0 Å². The summed E-state index contributed by atoms with van der Waals surface area (Å²) in [5.41, 5.74) is 1.05. The number of pyridine rings is 1. The van der Waals surface area contributed by atoms with Crippen LogP contribution in [-0.2, 0) is 4.74 Å². The lowest BCUT2D eigenvalue weighted by Crippen LogP contribution is -1.92. The second-order valence-corrected chi connectivity index (χ2v) is 2.42. The number of hydrogen-bond donors (Lipinski definition) is 0. The second-order valence-electron chi connectivity index (χ2n) is 2.42. The molecule has 1 fully saturated rings. The maximum Gasteiger partial charge on any atom is 0.218 e. The van der Waals surface area contributed by atoms with Crippen LogP contribution in [0.3, 0.4) is 0 Å². The van der Waals surface area contributed by atoms with Gasteiger partial charge in [-0.05, 0) is 12.1 Å². The Morgan fingerprint density at radius 2 is 2.55 bits per heavy atom. The van der Waals surface area contributed by atoms with E-state index in [9.17, 15) is 0 Å². The van der Waals surface area contributed by atoms with Gasteiger partial charge in [-0.15, -0.1) is 0 Å².